The highest BCUT2D eigenvalue weighted by Crippen LogP contribution is 2.35. The summed E-state index contributed by atoms with van der Waals surface area (Å²) in [5.74, 6) is 3.02. The summed E-state index contributed by atoms with van der Waals surface area (Å²) in [6.45, 7) is 7.09. The fourth-order valence-electron chi connectivity index (χ4n) is 2.74. The number of hydrogen-bond acceptors (Lipinski definition) is 0. The highest BCUT2D eigenvalue weighted by Gasteiger charge is 2.23. The molecule has 0 aromatic heterocycles. The molecule has 0 radical (unpaired) electrons. The first-order chi connectivity index (χ1) is 5.74. The molecule has 0 heterocycles. The van der Waals surface area contributed by atoms with Crippen molar-refractivity contribution in [3.63, 3.8) is 0 Å². The summed E-state index contributed by atoms with van der Waals surface area (Å²) in [4.78, 5) is 0. The van der Waals surface area contributed by atoms with Gasteiger partial charge < -0.3 is 0 Å². The van der Waals surface area contributed by atoms with Crippen LogP contribution in [0.2, 0.25) is 0 Å². The maximum Gasteiger partial charge on any atom is -0.0384 e. The Morgan fingerprint density at radius 2 is 1.67 bits per heavy atom. The van der Waals surface area contributed by atoms with Crippen molar-refractivity contribution >= 4 is 0 Å². The van der Waals surface area contributed by atoms with E-state index >= 15 is 0 Å². The summed E-state index contributed by atoms with van der Waals surface area (Å²) < 4.78 is 0. The Labute approximate surface area is 77.7 Å². The van der Waals surface area contributed by atoms with Crippen molar-refractivity contribution in [1.82, 2.24) is 0 Å². The normalized spacial score (nSPS) is 31.0. The molecule has 0 spiro atoms. The summed E-state index contributed by atoms with van der Waals surface area (Å²) >= 11 is 0. The SMILES string of the molecule is CCC1CCCCC1CC(C)C. The first-order valence-electron chi connectivity index (χ1n) is 5.74. The quantitative estimate of drug-likeness (QED) is 0.591. The molecule has 0 heteroatoms. The van der Waals surface area contributed by atoms with Crippen LogP contribution in [-0.2, 0) is 0 Å². The average Bonchev–Trinajstić information content (AvgIpc) is 2.04. The van der Waals surface area contributed by atoms with Crippen molar-refractivity contribution in [2.45, 2.75) is 59.3 Å². The lowest BCUT2D eigenvalue weighted by Crippen LogP contribution is -2.20. The van der Waals surface area contributed by atoms with Crippen LogP contribution in [0.5, 0.6) is 0 Å². The van der Waals surface area contributed by atoms with Crippen LogP contribution >= 0.6 is 0 Å². The van der Waals surface area contributed by atoms with Crippen LogP contribution in [0.3, 0.4) is 0 Å². The Balaban J connectivity index is 2.36. The van der Waals surface area contributed by atoms with Crippen molar-refractivity contribution in [1.29, 1.82) is 0 Å². The van der Waals surface area contributed by atoms with Gasteiger partial charge in [0.2, 0.25) is 0 Å². The van der Waals surface area contributed by atoms with Crippen molar-refractivity contribution in [2.75, 3.05) is 0 Å². The van der Waals surface area contributed by atoms with Gasteiger partial charge in [0.25, 0.3) is 0 Å². The minimum absolute atomic E-state index is 0.905. The average molecular weight is 168 g/mol. The van der Waals surface area contributed by atoms with E-state index < -0.39 is 0 Å². The Bertz CT molecular complexity index is 115. The van der Waals surface area contributed by atoms with E-state index in [0.717, 1.165) is 17.8 Å². The smallest absolute Gasteiger partial charge is 0.0384 e. The van der Waals surface area contributed by atoms with Crippen LogP contribution < -0.4 is 0 Å². The van der Waals surface area contributed by atoms with Gasteiger partial charge in [0, 0.05) is 0 Å². The lowest BCUT2D eigenvalue weighted by Gasteiger charge is -2.32. The third-order valence-corrected chi connectivity index (χ3v) is 3.37. The van der Waals surface area contributed by atoms with Crippen molar-refractivity contribution in [3.8, 4) is 0 Å². The fraction of sp³-hybridized carbons (Fsp3) is 1.00. The molecule has 1 rings (SSSR count). The molecule has 0 saturated heterocycles. The Morgan fingerprint density at radius 1 is 1.08 bits per heavy atom. The lowest BCUT2D eigenvalue weighted by atomic mass is 9.74. The van der Waals surface area contributed by atoms with Gasteiger partial charge >= 0.3 is 0 Å². The Morgan fingerprint density at radius 3 is 2.17 bits per heavy atom. The van der Waals surface area contributed by atoms with E-state index in [0.29, 0.717) is 0 Å². The monoisotopic (exact) mass is 168 g/mol. The number of rotatable bonds is 3. The molecule has 1 aliphatic rings. The van der Waals surface area contributed by atoms with Gasteiger partial charge in [-0.2, -0.15) is 0 Å². The van der Waals surface area contributed by atoms with Crippen molar-refractivity contribution < 1.29 is 0 Å². The molecule has 2 unspecified atom stereocenters. The van der Waals surface area contributed by atoms with E-state index in [9.17, 15) is 0 Å². The minimum atomic E-state index is 0.905. The zero-order valence-electron chi connectivity index (χ0n) is 8.97. The second kappa shape index (κ2) is 4.89. The number of hydrogen-bond donors (Lipinski definition) is 0. The molecule has 0 bridgehead atoms. The van der Waals surface area contributed by atoms with Gasteiger partial charge in [-0.3, -0.25) is 0 Å². The second-order valence-corrected chi connectivity index (χ2v) is 4.84. The van der Waals surface area contributed by atoms with Crippen LogP contribution in [0.1, 0.15) is 59.3 Å². The summed E-state index contributed by atoms with van der Waals surface area (Å²) in [6.07, 6.45) is 8.89. The van der Waals surface area contributed by atoms with Crippen LogP contribution in [-0.4, -0.2) is 0 Å². The third-order valence-electron chi connectivity index (χ3n) is 3.37. The van der Waals surface area contributed by atoms with E-state index in [1.54, 1.807) is 0 Å². The van der Waals surface area contributed by atoms with Crippen LogP contribution in [0.15, 0.2) is 0 Å². The zero-order valence-corrected chi connectivity index (χ0v) is 8.97. The molecule has 1 saturated carbocycles. The largest absolute Gasteiger partial charge is 0.0651 e. The van der Waals surface area contributed by atoms with E-state index in [4.69, 9.17) is 0 Å². The molecular formula is C12H24. The third kappa shape index (κ3) is 2.80. The predicted octanol–water partition coefficient (Wildman–Crippen LogP) is 4.25. The molecular weight excluding hydrogens is 144 g/mol. The Hall–Kier alpha value is 0. The van der Waals surface area contributed by atoms with Crippen LogP contribution in [0.25, 0.3) is 0 Å². The molecule has 0 aliphatic heterocycles. The molecule has 0 amide bonds. The van der Waals surface area contributed by atoms with E-state index in [-0.39, 0.29) is 0 Å². The van der Waals surface area contributed by atoms with Gasteiger partial charge in [0.1, 0.15) is 0 Å². The molecule has 0 N–H and O–H groups in total. The van der Waals surface area contributed by atoms with Gasteiger partial charge in [0.15, 0.2) is 0 Å². The highest BCUT2D eigenvalue weighted by atomic mass is 14.3. The molecule has 72 valence electrons. The molecule has 12 heavy (non-hydrogen) atoms. The van der Waals surface area contributed by atoms with Gasteiger partial charge in [0.05, 0.1) is 0 Å². The van der Waals surface area contributed by atoms with Gasteiger partial charge in [-0.25, -0.2) is 0 Å². The molecule has 1 fully saturated rings. The first kappa shape index (κ1) is 10.1. The van der Waals surface area contributed by atoms with E-state index in [1.807, 2.05) is 0 Å². The topological polar surface area (TPSA) is 0 Å². The fourth-order valence-corrected chi connectivity index (χ4v) is 2.74. The summed E-state index contributed by atoms with van der Waals surface area (Å²) in [5.41, 5.74) is 0. The summed E-state index contributed by atoms with van der Waals surface area (Å²) in [6, 6.07) is 0. The summed E-state index contributed by atoms with van der Waals surface area (Å²) in [5, 5.41) is 0. The van der Waals surface area contributed by atoms with Crippen molar-refractivity contribution in [3.05, 3.63) is 0 Å². The maximum absolute atomic E-state index is 2.36. The van der Waals surface area contributed by atoms with Gasteiger partial charge in [-0.15, -0.1) is 0 Å². The van der Waals surface area contributed by atoms with Gasteiger partial charge in [-0.1, -0.05) is 52.9 Å². The lowest BCUT2D eigenvalue weighted by molar-refractivity contribution is 0.199. The Kier molecular flexibility index (Phi) is 4.11. The molecule has 0 aromatic carbocycles. The molecule has 2 atom stereocenters. The first-order valence-corrected chi connectivity index (χ1v) is 5.74. The minimum Gasteiger partial charge on any atom is -0.0651 e. The van der Waals surface area contributed by atoms with Crippen LogP contribution in [0, 0.1) is 17.8 Å². The van der Waals surface area contributed by atoms with Crippen LogP contribution in [0.4, 0.5) is 0 Å². The highest BCUT2D eigenvalue weighted by molar-refractivity contribution is 4.75. The van der Waals surface area contributed by atoms with E-state index in [2.05, 4.69) is 20.8 Å². The van der Waals surface area contributed by atoms with Gasteiger partial charge in [-0.05, 0) is 24.2 Å². The summed E-state index contributed by atoms with van der Waals surface area (Å²) in [7, 11) is 0. The molecule has 1 aliphatic carbocycles. The molecule has 0 nitrogen and oxygen atoms in total. The zero-order chi connectivity index (χ0) is 8.97. The maximum atomic E-state index is 2.36. The standard InChI is InChI=1S/C12H24/c1-4-11-7-5-6-8-12(11)9-10(2)3/h10-12H,4-9H2,1-3H3. The second-order valence-electron chi connectivity index (χ2n) is 4.84. The molecule has 0 aromatic rings. The van der Waals surface area contributed by atoms with E-state index in [1.165, 1.54) is 38.5 Å². The predicted molar refractivity (Wildman–Crippen MR) is 55.2 cm³/mol. The van der Waals surface area contributed by atoms with Crippen molar-refractivity contribution in [2.24, 2.45) is 17.8 Å².